The van der Waals surface area contributed by atoms with Gasteiger partial charge in [-0.05, 0) is 72.5 Å². The third-order valence-corrected chi connectivity index (χ3v) is 14.1. The van der Waals surface area contributed by atoms with Gasteiger partial charge in [0.2, 0.25) is 65.0 Å². The first-order chi connectivity index (χ1) is 42.0. The van der Waals surface area contributed by atoms with Crippen molar-refractivity contribution in [2.24, 2.45) is 35.3 Å². The van der Waals surface area contributed by atoms with E-state index in [9.17, 15) is 62.6 Å². The molecule has 0 bridgehead atoms. The SMILES string of the molecule is CC(C)C[C@H](NC(=O)CNC(=O)[C@H](CC(C)C)NC(=O)[C@@H](NC(=O)[C@H](Cc1ccccc1)NC(=O)[C@@H](NC(=O)CN)C(C)C)C(C)C)C(=O)N[C@@H](Cc1ccccc1)C(=O)NCC(=O)N[C@@H](Cc1ccccc1)C(=O)N[C@@H](CC(C)C)C(=O)N[C@@H](C)C(=O)O. The highest BCUT2D eigenvalue weighted by molar-refractivity contribution is 5.98. The first-order valence-corrected chi connectivity index (χ1v) is 30.3. The lowest BCUT2D eigenvalue weighted by molar-refractivity contribution is -0.142. The van der Waals surface area contributed by atoms with Crippen molar-refractivity contribution in [3.63, 3.8) is 0 Å². The van der Waals surface area contributed by atoms with Crippen molar-refractivity contribution < 1.29 is 62.6 Å². The molecule has 0 aliphatic heterocycles. The molecule has 0 aliphatic carbocycles. The second kappa shape index (κ2) is 37.8. The largest absolute Gasteiger partial charge is 0.480 e. The molecule has 0 unspecified atom stereocenters. The number of benzene rings is 3. The van der Waals surface area contributed by atoms with E-state index in [1.807, 2.05) is 41.5 Å². The highest BCUT2D eigenvalue weighted by Gasteiger charge is 2.36. The number of rotatable bonds is 37. The predicted octanol–water partition coefficient (Wildman–Crippen LogP) is 0.824. The molecule has 11 amide bonds. The predicted molar refractivity (Wildman–Crippen MR) is 334 cm³/mol. The molecule has 25 heteroatoms. The minimum absolute atomic E-state index is 0.0234. The van der Waals surface area contributed by atoms with E-state index < -0.39 is 144 Å². The van der Waals surface area contributed by atoms with Crippen LogP contribution >= 0.6 is 0 Å². The zero-order chi connectivity index (χ0) is 66.5. The van der Waals surface area contributed by atoms with Crippen LogP contribution in [-0.2, 0) is 76.8 Å². The number of carboxylic acids is 1. The molecular formula is C64H94N12O13. The lowest BCUT2D eigenvalue weighted by Crippen LogP contribution is -2.60. The molecular weight excluding hydrogens is 1140 g/mol. The van der Waals surface area contributed by atoms with Gasteiger partial charge >= 0.3 is 5.97 Å². The monoisotopic (exact) mass is 1240 g/mol. The number of nitrogens with two attached hydrogens (primary N) is 1. The Hall–Kier alpha value is -8.74. The maximum Gasteiger partial charge on any atom is 0.325 e. The molecule has 3 aromatic rings. The van der Waals surface area contributed by atoms with Gasteiger partial charge in [-0.3, -0.25) is 57.5 Å². The molecule has 488 valence electrons. The Bertz CT molecular complexity index is 2840. The fraction of sp³-hybridized carbons (Fsp3) is 0.531. The molecule has 0 fully saturated rings. The third kappa shape index (κ3) is 27.5. The van der Waals surface area contributed by atoms with Gasteiger partial charge in [-0.25, -0.2) is 0 Å². The molecule has 0 aromatic heterocycles. The summed E-state index contributed by atoms with van der Waals surface area (Å²) in [4.78, 5) is 162. The Kier molecular flexibility index (Phi) is 31.7. The molecule has 3 aromatic carbocycles. The Balaban J connectivity index is 1.78. The van der Waals surface area contributed by atoms with Crippen LogP contribution in [0.5, 0.6) is 0 Å². The van der Waals surface area contributed by atoms with E-state index in [1.54, 1.807) is 119 Å². The fourth-order valence-corrected chi connectivity index (χ4v) is 9.36. The van der Waals surface area contributed by atoms with E-state index in [0.29, 0.717) is 16.7 Å². The average molecular weight is 1240 g/mol. The maximum atomic E-state index is 14.2. The molecule has 0 saturated heterocycles. The van der Waals surface area contributed by atoms with E-state index in [1.165, 1.54) is 6.92 Å². The van der Waals surface area contributed by atoms with E-state index >= 15 is 0 Å². The average Bonchev–Trinajstić information content (AvgIpc) is 3.50. The molecule has 0 spiro atoms. The summed E-state index contributed by atoms with van der Waals surface area (Å²) in [5.41, 5.74) is 7.48. The molecule has 14 N–H and O–H groups in total. The van der Waals surface area contributed by atoms with Crippen LogP contribution in [0.1, 0.15) is 112 Å². The van der Waals surface area contributed by atoms with Crippen LogP contribution in [0.2, 0.25) is 0 Å². The molecule has 25 nitrogen and oxygen atoms in total. The van der Waals surface area contributed by atoms with Gasteiger partial charge in [-0.1, -0.05) is 160 Å². The van der Waals surface area contributed by atoms with Crippen LogP contribution in [0.3, 0.4) is 0 Å². The molecule has 9 atom stereocenters. The standard InChI is InChI=1S/C64H94N12O13/c1-36(2)27-45(73-63(87)55(40(9)10)76-61(85)50(32-44-25-19-14-20-26-44)74-62(86)54(39(7)8)75-51(77)33-65)56(80)66-34-52(78)69-46(28-37(3)4)59(83)72-48(30-42-21-15-12-16-22-42)57(81)67-35-53(79)70-49(31-43-23-17-13-18-24-43)60(84)71-47(29-38(5)6)58(82)68-41(11)64(88)89/h12-26,36-41,45-50,54-55H,27-35,65H2,1-11H3,(H,66,80)(H,67,81)(H,68,82)(H,69,78)(H,70,79)(H,71,84)(H,72,83)(H,73,87)(H,74,86)(H,75,77)(H,76,85)(H,88,89)/t41-,45-,46-,47-,48-,49-,50-,54-,55-/m0/s1. The summed E-state index contributed by atoms with van der Waals surface area (Å²) in [6.07, 6.45) is 0.294. The van der Waals surface area contributed by atoms with Gasteiger partial charge in [0.1, 0.15) is 54.4 Å². The van der Waals surface area contributed by atoms with Crippen molar-refractivity contribution in [3.8, 4) is 0 Å². The number of nitrogens with one attached hydrogen (secondary N) is 11. The van der Waals surface area contributed by atoms with Crippen LogP contribution in [0.4, 0.5) is 0 Å². The van der Waals surface area contributed by atoms with Gasteiger partial charge in [0.25, 0.3) is 0 Å². The molecule has 0 radical (unpaired) electrons. The third-order valence-electron chi connectivity index (χ3n) is 14.1. The van der Waals surface area contributed by atoms with Gasteiger partial charge in [-0.2, -0.15) is 0 Å². The summed E-state index contributed by atoms with van der Waals surface area (Å²) in [6.45, 7) is 17.3. The van der Waals surface area contributed by atoms with Crippen molar-refractivity contribution in [1.29, 1.82) is 0 Å². The minimum Gasteiger partial charge on any atom is -0.480 e. The van der Waals surface area contributed by atoms with E-state index in [-0.39, 0.29) is 68.7 Å². The number of amides is 11. The lowest BCUT2D eigenvalue weighted by atomic mass is 9.98. The number of hydrogen-bond acceptors (Lipinski definition) is 13. The quantitative estimate of drug-likeness (QED) is 0.0380. The Morgan fingerprint density at radius 1 is 0.348 bits per heavy atom. The topological polar surface area (TPSA) is 383 Å². The van der Waals surface area contributed by atoms with Crippen molar-refractivity contribution >= 4 is 70.9 Å². The van der Waals surface area contributed by atoms with Gasteiger partial charge < -0.3 is 69.3 Å². The first-order valence-electron chi connectivity index (χ1n) is 30.3. The summed E-state index contributed by atoms with van der Waals surface area (Å²) in [5.74, 6) is -10.6. The summed E-state index contributed by atoms with van der Waals surface area (Å²) < 4.78 is 0. The van der Waals surface area contributed by atoms with Crippen LogP contribution in [0.25, 0.3) is 0 Å². The Morgan fingerprint density at radius 2 is 0.640 bits per heavy atom. The molecule has 0 heterocycles. The second-order valence-corrected chi connectivity index (χ2v) is 24.2. The highest BCUT2D eigenvalue weighted by Crippen LogP contribution is 2.14. The van der Waals surface area contributed by atoms with Gasteiger partial charge in [-0.15, -0.1) is 0 Å². The minimum atomic E-state index is -1.31. The lowest BCUT2D eigenvalue weighted by Gasteiger charge is -2.29. The van der Waals surface area contributed by atoms with E-state index in [2.05, 4.69) is 58.5 Å². The molecule has 0 saturated carbocycles. The smallest absolute Gasteiger partial charge is 0.325 e. The summed E-state index contributed by atoms with van der Waals surface area (Å²) in [7, 11) is 0. The molecule has 3 rings (SSSR count). The van der Waals surface area contributed by atoms with Gasteiger partial charge in [0.15, 0.2) is 0 Å². The van der Waals surface area contributed by atoms with E-state index in [0.717, 1.165) is 0 Å². The normalized spacial score (nSPS) is 14.3. The highest BCUT2D eigenvalue weighted by atomic mass is 16.4. The number of hydrogen-bond donors (Lipinski definition) is 13. The zero-order valence-corrected chi connectivity index (χ0v) is 53.0. The second-order valence-electron chi connectivity index (χ2n) is 24.2. The van der Waals surface area contributed by atoms with Gasteiger partial charge in [0, 0.05) is 19.3 Å². The summed E-state index contributed by atoms with van der Waals surface area (Å²) in [6, 6.07) is 15.4. The molecule has 0 aliphatic rings. The van der Waals surface area contributed by atoms with Crippen molar-refractivity contribution in [2.45, 2.75) is 169 Å². The number of carbonyl (C=O) groups is 12. The fourth-order valence-electron chi connectivity index (χ4n) is 9.36. The van der Waals surface area contributed by atoms with E-state index in [4.69, 9.17) is 5.73 Å². The van der Waals surface area contributed by atoms with Crippen LogP contribution in [-0.4, -0.2) is 150 Å². The number of carboxylic acid groups (broad SMARTS) is 1. The van der Waals surface area contributed by atoms with Crippen molar-refractivity contribution in [1.82, 2.24) is 58.5 Å². The first kappa shape index (κ1) is 74.5. The molecule has 89 heavy (non-hydrogen) atoms. The Morgan fingerprint density at radius 3 is 1.03 bits per heavy atom. The number of aliphatic carboxylic acids is 1. The Labute approximate surface area is 521 Å². The van der Waals surface area contributed by atoms with Crippen molar-refractivity contribution in [2.75, 3.05) is 19.6 Å². The van der Waals surface area contributed by atoms with Crippen LogP contribution in [0.15, 0.2) is 91.0 Å². The van der Waals surface area contributed by atoms with Crippen molar-refractivity contribution in [3.05, 3.63) is 108 Å². The summed E-state index contributed by atoms with van der Waals surface area (Å²) in [5, 5.41) is 38.4. The van der Waals surface area contributed by atoms with Crippen LogP contribution < -0.4 is 64.2 Å². The maximum absolute atomic E-state index is 14.2. The van der Waals surface area contributed by atoms with Gasteiger partial charge in [0.05, 0.1) is 19.6 Å². The zero-order valence-electron chi connectivity index (χ0n) is 53.0. The van der Waals surface area contributed by atoms with Crippen LogP contribution in [0, 0.1) is 29.6 Å². The number of carbonyl (C=O) groups excluding carboxylic acids is 11. The summed E-state index contributed by atoms with van der Waals surface area (Å²) >= 11 is 0.